The molecule has 0 bridgehead atoms. The number of nitrogens with one attached hydrogen (secondary N) is 1. The standard InChI is InChI=1S/C12H17ClFNO3S/c1-8(2)12(3,16)7-15-19(17,18)9-4-5-11(14)10(13)6-9/h4-6,8,15-16H,7H2,1-3H3. The normalized spacial score (nSPS) is 15.5. The van der Waals surface area contributed by atoms with Gasteiger partial charge in [0.2, 0.25) is 10.0 Å². The molecule has 0 radical (unpaired) electrons. The Labute approximate surface area is 117 Å². The average Bonchev–Trinajstić information content (AvgIpc) is 2.30. The zero-order valence-corrected chi connectivity index (χ0v) is 12.5. The van der Waals surface area contributed by atoms with Crippen LogP contribution in [0.25, 0.3) is 0 Å². The molecule has 108 valence electrons. The molecule has 0 aliphatic carbocycles. The predicted molar refractivity (Wildman–Crippen MR) is 72.1 cm³/mol. The number of hydrogen-bond donors (Lipinski definition) is 2. The van der Waals surface area contributed by atoms with Crippen LogP contribution in [-0.4, -0.2) is 25.7 Å². The zero-order valence-electron chi connectivity index (χ0n) is 10.9. The lowest BCUT2D eigenvalue weighted by Gasteiger charge is -2.27. The Morgan fingerprint density at radius 2 is 2.05 bits per heavy atom. The van der Waals surface area contributed by atoms with E-state index in [-0.39, 0.29) is 22.4 Å². The van der Waals surface area contributed by atoms with Crippen LogP contribution in [0.15, 0.2) is 23.1 Å². The van der Waals surface area contributed by atoms with E-state index in [0.717, 1.165) is 18.2 Å². The molecule has 1 unspecified atom stereocenters. The smallest absolute Gasteiger partial charge is 0.240 e. The molecule has 0 aliphatic rings. The van der Waals surface area contributed by atoms with Gasteiger partial charge in [0.15, 0.2) is 0 Å². The maximum Gasteiger partial charge on any atom is 0.240 e. The van der Waals surface area contributed by atoms with Gasteiger partial charge >= 0.3 is 0 Å². The van der Waals surface area contributed by atoms with Crippen molar-refractivity contribution in [3.05, 3.63) is 29.0 Å². The van der Waals surface area contributed by atoms with Crippen molar-refractivity contribution < 1.29 is 17.9 Å². The minimum absolute atomic E-state index is 0.119. The highest BCUT2D eigenvalue weighted by atomic mass is 35.5. The van der Waals surface area contributed by atoms with Crippen LogP contribution in [0.1, 0.15) is 20.8 Å². The fraction of sp³-hybridized carbons (Fsp3) is 0.500. The van der Waals surface area contributed by atoms with Gasteiger partial charge in [0, 0.05) is 6.54 Å². The predicted octanol–water partition coefficient (Wildman–Crippen LogP) is 2.16. The second-order valence-corrected chi connectivity index (χ2v) is 7.09. The molecule has 1 aromatic carbocycles. The van der Waals surface area contributed by atoms with Crippen molar-refractivity contribution in [2.45, 2.75) is 31.3 Å². The quantitative estimate of drug-likeness (QED) is 0.876. The Bertz CT molecular complexity index is 558. The Kier molecular flexibility index (Phi) is 4.95. The molecule has 0 aliphatic heterocycles. The minimum atomic E-state index is -3.83. The van der Waals surface area contributed by atoms with Crippen LogP contribution < -0.4 is 4.72 Å². The van der Waals surface area contributed by atoms with Gasteiger partial charge < -0.3 is 5.11 Å². The van der Waals surface area contributed by atoms with E-state index in [2.05, 4.69) is 4.72 Å². The Morgan fingerprint density at radius 1 is 1.47 bits per heavy atom. The summed E-state index contributed by atoms with van der Waals surface area (Å²) in [4.78, 5) is -0.140. The van der Waals surface area contributed by atoms with Gasteiger partial charge in [-0.05, 0) is 31.0 Å². The molecule has 0 saturated heterocycles. The van der Waals surface area contributed by atoms with Crippen LogP contribution in [0.2, 0.25) is 5.02 Å². The molecular weight excluding hydrogens is 293 g/mol. The Hall–Kier alpha value is -0.690. The highest BCUT2D eigenvalue weighted by Crippen LogP contribution is 2.20. The lowest BCUT2D eigenvalue weighted by Crippen LogP contribution is -2.44. The number of benzene rings is 1. The van der Waals surface area contributed by atoms with Gasteiger partial charge in [-0.3, -0.25) is 0 Å². The molecule has 19 heavy (non-hydrogen) atoms. The molecule has 0 amide bonds. The average molecular weight is 310 g/mol. The summed E-state index contributed by atoms with van der Waals surface area (Å²) in [5, 5.41) is 9.72. The second-order valence-electron chi connectivity index (χ2n) is 4.91. The molecule has 0 fully saturated rings. The molecule has 1 rings (SSSR count). The van der Waals surface area contributed by atoms with Crippen molar-refractivity contribution in [1.29, 1.82) is 0 Å². The van der Waals surface area contributed by atoms with Crippen LogP contribution in [0.5, 0.6) is 0 Å². The van der Waals surface area contributed by atoms with E-state index in [4.69, 9.17) is 11.6 Å². The third kappa shape index (κ3) is 4.14. The minimum Gasteiger partial charge on any atom is -0.389 e. The van der Waals surface area contributed by atoms with Crippen LogP contribution >= 0.6 is 11.6 Å². The topological polar surface area (TPSA) is 66.4 Å². The molecule has 2 N–H and O–H groups in total. The molecular formula is C12H17ClFNO3S. The first-order valence-corrected chi connectivity index (χ1v) is 7.59. The third-order valence-corrected chi connectivity index (χ3v) is 4.75. The van der Waals surface area contributed by atoms with Crippen LogP contribution in [0.3, 0.4) is 0 Å². The summed E-state index contributed by atoms with van der Waals surface area (Å²) in [7, 11) is -3.83. The molecule has 1 aromatic rings. The van der Waals surface area contributed by atoms with E-state index in [0.29, 0.717) is 0 Å². The largest absolute Gasteiger partial charge is 0.389 e. The van der Waals surface area contributed by atoms with Gasteiger partial charge in [-0.2, -0.15) is 0 Å². The van der Waals surface area contributed by atoms with Crippen molar-refractivity contribution in [3.63, 3.8) is 0 Å². The number of halogens is 2. The van der Waals surface area contributed by atoms with Crippen LogP contribution in [-0.2, 0) is 10.0 Å². The van der Waals surface area contributed by atoms with Gasteiger partial charge in [-0.25, -0.2) is 17.5 Å². The molecule has 4 nitrogen and oxygen atoms in total. The highest BCUT2D eigenvalue weighted by molar-refractivity contribution is 7.89. The third-order valence-electron chi connectivity index (χ3n) is 3.07. The number of aliphatic hydroxyl groups is 1. The first-order valence-electron chi connectivity index (χ1n) is 5.73. The van der Waals surface area contributed by atoms with Crippen molar-refractivity contribution in [2.75, 3.05) is 6.54 Å². The van der Waals surface area contributed by atoms with Gasteiger partial charge in [-0.1, -0.05) is 25.4 Å². The van der Waals surface area contributed by atoms with E-state index in [1.54, 1.807) is 13.8 Å². The Balaban J connectivity index is 2.90. The summed E-state index contributed by atoms with van der Waals surface area (Å²) >= 11 is 5.54. The van der Waals surface area contributed by atoms with Gasteiger partial charge in [0.1, 0.15) is 5.82 Å². The van der Waals surface area contributed by atoms with E-state index < -0.39 is 21.4 Å². The van der Waals surface area contributed by atoms with Gasteiger partial charge in [0.05, 0.1) is 15.5 Å². The molecule has 0 saturated carbocycles. The van der Waals surface area contributed by atoms with Crippen LogP contribution in [0.4, 0.5) is 4.39 Å². The summed E-state index contributed by atoms with van der Waals surface area (Å²) in [6, 6.07) is 3.13. The second kappa shape index (κ2) is 5.75. The molecule has 7 heteroatoms. The molecule has 1 atom stereocenters. The van der Waals surface area contributed by atoms with Crippen molar-refractivity contribution in [1.82, 2.24) is 4.72 Å². The maximum absolute atomic E-state index is 13.0. The van der Waals surface area contributed by atoms with E-state index in [9.17, 15) is 17.9 Å². The molecule has 0 heterocycles. The summed E-state index contributed by atoms with van der Waals surface area (Å²) in [6.45, 7) is 4.96. The lowest BCUT2D eigenvalue weighted by molar-refractivity contribution is 0.0190. The zero-order chi connectivity index (χ0) is 14.8. The summed E-state index contributed by atoms with van der Waals surface area (Å²) in [5.41, 5.74) is -1.17. The van der Waals surface area contributed by atoms with Crippen molar-refractivity contribution in [3.8, 4) is 0 Å². The number of rotatable bonds is 5. The fourth-order valence-electron chi connectivity index (χ4n) is 1.17. The van der Waals surface area contributed by atoms with E-state index in [1.165, 1.54) is 6.92 Å². The fourth-order valence-corrected chi connectivity index (χ4v) is 2.59. The van der Waals surface area contributed by atoms with Gasteiger partial charge in [-0.15, -0.1) is 0 Å². The molecule has 0 aromatic heterocycles. The monoisotopic (exact) mass is 309 g/mol. The summed E-state index contributed by atoms with van der Waals surface area (Å²) < 4.78 is 39.2. The number of hydrogen-bond acceptors (Lipinski definition) is 3. The lowest BCUT2D eigenvalue weighted by atomic mass is 9.93. The first kappa shape index (κ1) is 16.4. The summed E-state index contributed by atoms with van der Waals surface area (Å²) in [5.74, 6) is -0.804. The highest BCUT2D eigenvalue weighted by Gasteiger charge is 2.27. The SMILES string of the molecule is CC(C)C(C)(O)CNS(=O)(=O)c1ccc(F)c(Cl)c1. The van der Waals surface area contributed by atoms with Crippen LogP contribution in [0, 0.1) is 11.7 Å². The van der Waals surface area contributed by atoms with E-state index in [1.807, 2.05) is 0 Å². The van der Waals surface area contributed by atoms with Crippen molar-refractivity contribution >= 4 is 21.6 Å². The maximum atomic E-state index is 13.0. The van der Waals surface area contributed by atoms with Gasteiger partial charge in [0.25, 0.3) is 0 Å². The van der Waals surface area contributed by atoms with Crippen molar-refractivity contribution in [2.24, 2.45) is 5.92 Å². The first-order chi connectivity index (χ1) is 8.56. The molecule has 0 spiro atoms. The van der Waals surface area contributed by atoms with E-state index >= 15 is 0 Å². The number of sulfonamides is 1. The Morgan fingerprint density at radius 3 is 2.53 bits per heavy atom. The summed E-state index contributed by atoms with van der Waals surface area (Å²) in [6.07, 6.45) is 0.